The highest BCUT2D eigenvalue weighted by atomic mass is 31.1. The van der Waals surface area contributed by atoms with Crippen LogP contribution < -0.4 is 21.2 Å². The molecule has 2 heteroatoms. The summed E-state index contributed by atoms with van der Waals surface area (Å²) >= 11 is 0. The monoisotopic (exact) mass is 468 g/mol. The molecule has 0 saturated heterocycles. The van der Waals surface area contributed by atoms with E-state index >= 15 is 0 Å². The minimum atomic E-state index is -0.374. The second-order valence-corrected chi connectivity index (χ2v) is 13.7. The molecule has 0 N–H and O–H groups in total. The van der Waals surface area contributed by atoms with Crippen molar-refractivity contribution in [3.63, 3.8) is 0 Å². The van der Waals surface area contributed by atoms with Gasteiger partial charge in [0.25, 0.3) is 0 Å². The van der Waals surface area contributed by atoms with E-state index in [1.807, 2.05) is 0 Å². The Kier molecular flexibility index (Phi) is 8.14. The van der Waals surface area contributed by atoms with E-state index in [9.17, 15) is 0 Å². The summed E-state index contributed by atoms with van der Waals surface area (Å²) in [6.45, 7) is 8.93. The Bertz CT molecular complexity index is 1050. The molecule has 4 rings (SSSR count). The van der Waals surface area contributed by atoms with E-state index in [2.05, 4.69) is 125 Å². The molecule has 0 heterocycles. The summed E-state index contributed by atoms with van der Waals surface area (Å²) in [6, 6.07) is 36.5. The van der Waals surface area contributed by atoms with Crippen molar-refractivity contribution in [3.8, 4) is 0 Å². The molecule has 0 aliphatic carbocycles. The van der Waals surface area contributed by atoms with Crippen LogP contribution in [0.1, 0.15) is 28.7 Å². The molecule has 0 amide bonds. The van der Waals surface area contributed by atoms with E-state index in [1.165, 1.54) is 62.2 Å². The Hall–Kier alpha value is -2.26. The fourth-order valence-electron chi connectivity index (χ4n) is 4.63. The first-order valence-corrected chi connectivity index (χ1v) is 14.9. The minimum absolute atomic E-state index is 0.334. The maximum absolute atomic E-state index is 2.42. The van der Waals surface area contributed by atoms with Crippen LogP contribution in [0.3, 0.4) is 0 Å². The first-order chi connectivity index (χ1) is 16.0. The van der Waals surface area contributed by atoms with Crippen LogP contribution in [0.5, 0.6) is 0 Å². The molecule has 4 aromatic carbocycles. The van der Waals surface area contributed by atoms with Gasteiger partial charge in [-0.3, -0.25) is 0 Å². The Morgan fingerprint density at radius 1 is 0.424 bits per heavy atom. The maximum atomic E-state index is 2.42. The average Bonchev–Trinajstić information content (AvgIpc) is 2.79. The van der Waals surface area contributed by atoms with Crippen LogP contribution in [0.25, 0.3) is 0 Å². The summed E-state index contributed by atoms with van der Waals surface area (Å²) in [5.41, 5.74) is 5.49. The molecule has 0 aromatic heterocycles. The summed E-state index contributed by atoms with van der Waals surface area (Å²) in [6.07, 6.45) is 3.71. The summed E-state index contributed by atoms with van der Waals surface area (Å²) < 4.78 is 0. The number of hydrogen-bond donors (Lipinski definition) is 0. The van der Waals surface area contributed by atoms with Crippen LogP contribution in [0.15, 0.2) is 97.1 Å². The third-order valence-electron chi connectivity index (χ3n) is 5.94. The van der Waals surface area contributed by atoms with Gasteiger partial charge in [-0.05, 0) is 83.5 Å². The van der Waals surface area contributed by atoms with Gasteiger partial charge in [-0.1, -0.05) is 119 Å². The Labute approximate surface area is 202 Å². The molecule has 0 radical (unpaired) electrons. The Morgan fingerprint density at radius 2 is 0.758 bits per heavy atom. The third kappa shape index (κ3) is 6.41. The number of aryl methyl sites for hydroxylation is 4. The highest BCUT2D eigenvalue weighted by molar-refractivity contribution is 7.74. The molecular weight excluding hydrogens is 434 g/mol. The highest BCUT2D eigenvalue weighted by Crippen LogP contribution is 2.40. The van der Waals surface area contributed by atoms with Crippen molar-refractivity contribution < 1.29 is 0 Å². The van der Waals surface area contributed by atoms with Gasteiger partial charge < -0.3 is 0 Å². The van der Waals surface area contributed by atoms with Crippen LogP contribution in [0, 0.1) is 27.7 Å². The SMILES string of the molecule is Cc1cc(C)cc(P(CCCP(c2ccccc2)c2ccccc2)c2cc(C)cc(C)c2)c1. The predicted octanol–water partition coefficient (Wildman–Crippen LogP) is 6.88. The normalized spacial score (nSPS) is 11.3. The number of hydrogen-bond acceptors (Lipinski definition) is 0. The fraction of sp³-hybridized carbons (Fsp3) is 0.226. The topological polar surface area (TPSA) is 0 Å². The molecule has 0 unspecified atom stereocenters. The lowest BCUT2D eigenvalue weighted by molar-refractivity contribution is 1.11. The van der Waals surface area contributed by atoms with E-state index in [0.717, 1.165) is 0 Å². The zero-order chi connectivity index (χ0) is 23.2. The van der Waals surface area contributed by atoms with Gasteiger partial charge in [-0.15, -0.1) is 0 Å². The summed E-state index contributed by atoms with van der Waals surface area (Å²) in [5, 5.41) is 6.02. The zero-order valence-corrected chi connectivity index (χ0v) is 22.0. The Balaban J connectivity index is 1.62. The van der Waals surface area contributed by atoms with E-state index in [0.29, 0.717) is 0 Å². The van der Waals surface area contributed by atoms with Gasteiger partial charge in [-0.2, -0.15) is 0 Å². The van der Waals surface area contributed by atoms with Crippen molar-refractivity contribution in [3.05, 3.63) is 119 Å². The van der Waals surface area contributed by atoms with Crippen molar-refractivity contribution in [1.29, 1.82) is 0 Å². The summed E-state index contributed by atoms with van der Waals surface area (Å²) in [7, 11) is -0.708. The largest absolute Gasteiger partial charge is 0.0622 e. The first kappa shape index (κ1) is 23.9. The smallest absolute Gasteiger partial charge is 0.0190 e. The quantitative estimate of drug-likeness (QED) is 0.247. The van der Waals surface area contributed by atoms with Gasteiger partial charge in [0.15, 0.2) is 0 Å². The van der Waals surface area contributed by atoms with Gasteiger partial charge in [-0.25, -0.2) is 0 Å². The second kappa shape index (κ2) is 11.2. The van der Waals surface area contributed by atoms with Gasteiger partial charge in [0.05, 0.1) is 0 Å². The molecule has 0 spiro atoms. The van der Waals surface area contributed by atoms with E-state index in [1.54, 1.807) is 0 Å². The van der Waals surface area contributed by atoms with Crippen LogP contribution >= 0.6 is 15.8 Å². The zero-order valence-electron chi connectivity index (χ0n) is 20.3. The molecule has 0 atom stereocenters. The molecule has 33 heavy (non-hydrogen) atoms. The third-order valence-corrected chi connectivity index (χ3v) is 11.1. The minimum Gasteiger partial charge on any atom is -0.0622 e. The first-order valence-electron chi connectivity index (χ1n) is 11.8. The molecule has 0 bridgehead atoms. The van der Waals surface area contributed by atoms with Crippen molar-refractivity contribution in [2.75, 3.05) is 12.3 Å². The van der Waals surface area contributed by atoms with Crippen LogP contribution in [0.2, 0.25) is 0 Å². The van der Waals surface area contributed by atoms with Crippen LogP contribution in [0.4, 0.5) is 0 Å². The fourth-order valence-corrected chi connectivity index (χ4v) is 9.96. The van der Waals surface area contributed by atoms with Crippen molar-refractivity contribution in [2.24, 2.45) is 0 Å². The van der Waals surface area contributed by atoms with Crippen LogP contribution in [-0.2, 0) is 0 Å². The molecule has 4 aromatic rings. The molecule has 0 aliphatic rings. The van der Waals surface area contributed by atoms with E-state index < -0.39 is 0 Å². The van der Waals surface area contributed by atoms with Gasteiger partial charge >= 0.3 is 0 Å². The molecule has 0 aliphatic heterocycles. The molecule has 0 fully saturated rings. The van der Waals surface area contributed by atoms with Crippen molar-refractivity contribution in [1.82, 2.24) is 0 Å². The van der Waals surface area contributed by atoms with E-state index in [-0.39, 0.29) is 15.8 Å². The highest BCUT2D eigenvalue weighted by Gasteiger charge is 2.18. The number of rotatable bonds is 8. The lowest BCUT2D eigenvalue weighted by atomic mass is 10.2. The van der Waals surface area contributed by atoms with Gasteiger partial charge in [0.1, 0.15) is 0 Å². The predicted molar refractivity (Wildman–Crippen MR) is 151 cm³/mol. The van der Waals surface area contributed by atoms with Crippen LogP contribution in [-0.4, -0.2) is 12.3 Å². The summed E-state index contributed by atoms with van der Waals surface area (Å²) in [4.78, 5) is 0. The average molecular weight is 469 g/mol. The van der Waals surface area contributed by atoms with Gasteiger partial charge in [0.2, 0.25) is 0 Å². The molecule has 0 saturated carbocycles. The summed E-state index contributed by atoms with van der Waals surface area (Å²) in [5.74, 6) is 0. The number of benzene rings is 4. The standard InChI is InChI=1S/C31H34P2/c1-24-18-25(2)21-30(20-24)33(31-22-26(3)19-27(4)23-31)17-11-16-32(28-12-7-5-8-13-28)29-14-9-6-10-15-29/h5-10,12-15,18-23H,11,16-17H2,1-4H3. The molecular formula is C31H34P2. The maximum Gasteiger partial charge on any atom is -0.0190 e. The Morgan fingerprint density at radius 3 is 1.12 bits per heavy atom. The van der Waals surface area contributed by atoms with Crippen molar-refractivity contribution in [2.45, 2.75) is 34.1 Å². The lowest BCUT2D eigenvalue weighted by Gasteiger charge is -2.23. The van der Waals surface area contributed by atoms with Crippen molar-refractivity contribution >= 4 is 37.1 Å². The molecule has 168 valence electrons. The lowest BCUT2D eigenvalue weighted by Crippen LogP contribution is -2.18. The van der Waals surface area contributed by atoms with Gasteiger partial charge in [0, 0.05) is 0 Å². The molecule has 0 nitrogen and oxygen atoms in total. The second-order valence-electron chi connectivity index (χ2n) is 9.02. The van der Waals surface area contributed by atoms with E-state index in [4.69, 9.17) is 0 Å².